The Bertz CT molecular complexity index is 1380. The normalized spacial score (nSPS) is 21.1. The number of hydrogen-bond acceptors (Lipinski definition) is 5. The van der Waals surface area contributed by atoms with Crippen LogP contribution in [0.5, 0.6) is 0 Å². The van der Waals surface area contributed by atoms with Crippen LogP contribution in [0.15, 0.2) is 95.9 Å². The van der Waals surface area contributed by atoms with Gasteiger partial charge < -0.3 is 14.9 Å². The Kier molecular flexibility index (Phi) is 10.2. The number of halogens is 1. The van der Waals surface area contributed by atoms with Crippen molar-refractivity contribution in [1.29, 1.82) is 0 Å². The summed E-state index contributed by atoms with van der Waals surface area (Å²) in [6, 6.07) is 21.7. The van der Waals surface area contributed by atoms with Gasteiger partial charge in [-0.05, 0) is 60.2 Å². The van der Waals surface area contributed by atoms with E-state index >= 15 is 0 Å². The molecule has 7 nitrogen and oxygen atoms in total. The molecule has 4 atom stereocenters. The first kappa shape index (κ1) is 29.6. The number of aliphatic carboxylic acids is 1. The zero-order valence-corrected chi connectivity index (χ0v) is 22.8. The van der Waals surface area contributed by atoms with E-state index in [4.69, 9.17) is 9.84 Å². The van der Waals surface area contributed by atoms with Crippen LogP contribution in [0.1, 0.15) is 37.7 Å². The van der Waals surface area contributed by atoms with Crippen LogP contribution in [0.4, 0.5) is 4.39 Å². The average Bonchev–Trinajstić information content (AvgIpc) is 3.23. The largest absolute Gasteiger partial charge is 0.481 e. The summed E-state index contributed by atoms with van der Waals surface area (Å²) in [5.74, 6) is -1.77. The number of hydrogen-bond donors (Lipinski definition) is 3. The Balaban J connectivity index is 1.45. The summed E-state index contributed by atoms with van der Waals surface area (Å²) < 4.78 is 48.3. The van der Waals surface area contributed by atoms with E-state index in [0.29, 0.717) is 25.9 Å². The molecule has 0 bridgehead atoms. The van der Waals surface area contributed by atoms with Crippen molar-refractivity contribution in [2.24, 2.45) is 5.92 Å². The number of aliphatic hydroxyl groups excluding tert-OH is 1. The zero-order valence-electron chi connectivity index (χ0n) is 22.0. The average molecular weight is 568 g/mol. The van der Waals surface area contributed by atoms with Crippen LogP contribution in [-0.2, 0) is 26.2 Å². The van der Waals surface area contributed by atoms with Crippen LogP contribution >= 0.6 is 0 Å². The van der Waals surface area contributed by atoms with Crippen LogP contribution in [0.3, 0.4) is 0 Å². The lowest BCUT2D eigenvalue weighted by molar-refractivity contribution is -0.137. The lowest BCUT2D eigenvalue weighted by Crippen LogP contribution is -2.44. The highest BCUT2D eigenvalue weighted by Gasteiger charge is 2.44. The molecule has 0 spiro atoms. The second kappa shape index (κ2) is 13.8. The molecule has 1 aliphatic carbocycles. The van der Waals surface area contributed by atoms with E-state index in [1.165, 1.54) is 12.1 Å². The molecular weight excluding hydrogens is 533 g/mol. The van der Waals surface area contributed by atoms with Gasteiger partial charge in [0.25, 0.3) is 0 Å². The van der Waals surface area contributed by atoms with Gasteiger partial charge in [-0.15, -0.1) is 0 Å². The van der Waals surface area contributed by atoms with Gasteiger partial charge in [-0.2, -0.15) is 0 Å². The molecule has 3 N–H and O–H groups in total. The van der Waals surface area contributed by atoms with Crippen LogP contribution in [0, 0.1) is 11.7 Å². The van der Waals surface area contributed by atoms with Gasteiger partial charge in [-0.3, -0.25) is 4.79 Å². The summed E-state index contributed by atoms with van der Waals surface area (Å²) in [6.07, 6.45) is 4.17. The van der Waals surface area contributed by atoms with Crippen molar-refractivity contribution >= 4 is 16.0 Å². The van der Waals surface area contributed by atoms with Crippen molar-refractivity contribution < 1.29 is 32.6 Å². The van der Waals surface area contributed by atoms with Gasteiger partial charge >= 0.3 is 5.97 Å². The number of allylic oxidation sites excluding steroid dienone is 2. The van der Waals surface area contributed by atoms with Crippen LogP contribution in [0.2, 0.25) is 0 Å². The topological polar surface area (TPSA) is 113 Å². The summed E-state index contributed by atoms with van der Waals surface area (Å²) in [5.41, 5.74) is 3.15. The molecule has 0 amide bonds. The summed E-state index contributed by atoms with van der Waals surface area (Å²) in [4.78, 5) is 10.7. The fourth-order valence-corrected chi connectivity index (χ4v) is 6.28. The Morgan fingerprint density at radius 3 is 2.33 bits per heavy atom. The molecule has 0 heterocycles. The third-order valence-electron chi connectivity index (χ3n) is 7.10. The molecule has 0 unspecified atom stereocenters. The number of benzene rings is 3. The molecule has 212 valence electrons. The molecule has 1 fully saturated rings. The molecule has 0 aromatic heterocycles. The van der Waals surface area contributed by atoms with Crippen molar-refractivity contribution in [3.05, 3.63) is 102 Å². The number of unbranched alkanes of at least 4 members (excludes halogenated alkanes) is 1. The highest BCUT2D eigenvalue weighted by molar-refractivity contribution is 7.89. The number of ether oxygens (including phenoxy) is 1. The van der Waals surface area contributed by atoms with Crippen LogP contribution < -0.4 is 4.72 Å². The smallest absolute Gasteiger partial charge is 0.303 e. The number of carboxylic acid groups (broad SMARTS) is 1. The highest BCUT2D eigenvalue weighted by atomic mass is 32.2. The SMILES string of the molecule is O=C(O)CCC/C=C\C[C@@H]1[C@@H](NS(=O)(=O)c2ccc(F)cc2)[C@H](O)C[C@@H]1OCc1ccc(-c2ccccc2)cc1. The Morgan fingerprint density at radius 2 is 1.65 bits per heavy atom. The third-order valence-corrected chi connectivity index (χ3v) is 8.58. The molecule has 4 rings (SSSR count). The molecule has 0 aliphatic heterocycles. The number of rotatable bonds is 13. The minimum absolute atomic E-state index is 0.0708. The highest BCUT2D eigenvalue weighted by Crippen LogP contribution is 2.34. The Labute approximate surface area is 234 Å². The van der Waals surface area contributed by atoms with E-state index in [9.17, 15) is 22.7 Å². The molecule has 40 heavy (non-hydrogen) atoms. The van der Waals surface area contributed by atoms with Crippen LogP contribution in [-0.4, -0.2) is 42.8 Å². The fourth-order valence-electron chi connectivity index (χ4n) is 4.96. The van der Waals surface area contributed by atoms with Gasteiger partial charge in [0.1, 0.15) is 5.82 Å². The van der Waals surface area contributed by atoms with E-state index in [1.807, 2.05) is 66.7 Å². The molecule has 1 saturated carbocycles. The van der Waals surface area contributed by atoms with Gasteiger partial charge in [-0.25, -0.2) is 17.5 Å². The van der Waals surface area contributed by atoms with Crippen molar-refractivity contribution in [2.75, 3.05) is 0 Å². The van der Waals surface area contributed by atoms with Crippen molar-refractivity contribution in [3.8, 4) is 11.1 Å². The summed E-state index contributed by atoms with van der Waals surface area (Å²) in [5, 5.41) is 19.7. The van der Waals surface area contributed by atoms with Gasteiger partial charge in [0, 0.05) is 18.8 Å². The lowest BCUT2D eigenvalue weighted by Gasteiger charge is -2.25. The molecular formula is C31H34FNO6S. The minimum atomic E-state index is -4.02. The first-order chi connectivity index (χ1) is 19.2. The third kappa shape index (κ3) is 8.08. The van der Waals surface area contributed by atoms with E-state index < -0.39 is 40.1 Å². The van der Waals surface area contributed by atoms with E-state index in [-0.39, 0.29) is 23.7 Å². The second-order valence-corrected chi connectivity index (χ2v) is 11.7. The molecule has 1 aliphatic rings. The summed E-state index contributed by atoms with van der Waals surface area (Å²) >= 11 is 0. The number of sulfonamides is 1. The maximum absolute atomic E-state index is 13.3. The number of carbonyl (C=O) groups is 1. The summed E-state index contributed by atoms with van der Waals surface area (Å²) in [6.45, 7) is 0.294. The molecule has 0 radical (unpaired) electrons. The minimum Gasteiger partial charge on any atom is -0.481 e. The fraction of sp³-hybridized carbons (Fsp3) is 0.323. The first-order valence-electron chi connectivity index (χ1n) is 13.3. The first-order valence-corrected chi connectivity index (χ1v) is 14.8. The molecule has 3 aromatic rings. The number of aliphatic hydroxyl groups is 1. The van der Waals surface area contributed by atoms with Crippen molar-refractivity contribution in [2.45, 2.75) is 61.9 Å². The molecule has 0 saturated heterocycles. The summed E-state index contributed by atoms with van der Waals surface area (Å²) in [7, 11) is -4.02. The zero-order chi connectivity index (χ0) is 28.5. The quantitative estimate of drug-likeness (QED) is 0.191. The lowest BCUT2D eigenvalue weighted by atomic mass is 9.97. The molecule has 9 heteroatoms. The molecule has 3 aromatic carbocycles. The second-order valence-electron chi connectivity index (χ2n) is 9.97. The van der Waals surface area contributed by atoms with E-state index in [0.717, 1.165) is 28.8 Å². The van der Waals surface area contributed by atoms with E-state index in [1.54, 1.807) is 0 Å². The monoisotopic (exact) mass is 567 g/mol. The van der Waals surface area contributed by atoms with Crippen molar-refractivity contribution in [1.82, 2.24) is 4.72 Å². The number of nitrogens with one attached hydrogen (secondary N) is 1. The van der Waals surface area contributed by atoms with Gasteiger partial charge in [0.05, 0.1) is 29.8 Å². The number of carboxylic acids is 1. The van der Waals surface area contributed by atoms with Crippen LogP contribution in [0.25, 0.3) is 11.1 Å². The Morgan fingerprint density at radius 1 is 0.975 bits per heavy atom. The van der Waals surface area contributed by atoms with Gasteiger partial charge in [0.2, 0.25) is 10.0 Å². The maximum atomic E-state index is 13.3. The van der Waals surface area contributed by atoms with Gasteiger partial charge in [0.15, 0.2) is 0 Å². The Hall–Kier alpha value is -3.37. The maximum Gasteiger partial charge on any atom is 0.303 e. The van der Waals surface area contributed by atoms with Gasteiger partial charge in [-0.1, -0.05) is 66.7 Å². The predicted octanol–water partition coefficient (Wildman–Crippen LogP) is 5.31. The van der Waals surface area contributed by atoms with E-state index in [2.05, 4.69) is 4.72 Å². The van der Waals surface area contributed by atoms with Crippen molar-refractivity contribution in [3.63, 3.8) is 0 Å². The standard InChI is InChI=1S/C31H34FNO6S/c32-25-16-18-26(19-17-25)40(37,38)33-31-27(10-6-1-2-7-11-30(35)36)29(20-28(31)34)39-21-22-12-14-24(15-13-22)23-8-4-3-5-9-23/h1,3-6,8-9,12-19,27-29,31,33-34H,2,7,10-11,20-21H2,(H,35,36)/b6-1-/t27-,28+,29-,31+/m0/s1. The predicted molar refractivity (Wildman–Crippen MR) is 150 cm³/mol.